The minimum Gasteiger partial charge on any atom is -0.309 e. The van der Waals surface area contributed by atoms with Crippen LogP contribution in [-0.2, 0) is 0 Å². The third-order valence-corrected chi connectivity index (χ3v) is 20.7. The first-order valence-corrected chi connectivity index (χ1v) is 33.1. The maximum absolute atomic E-state index is 2.45. The Kier molecular flexibility index (Phi) is 12.5. The van der Waals surface area contributed by atoms with Crippen LogP contribution in [0.1, 0.15) is 0 Å². The number of rotatable bonds is 10. The van der Waals surface area contributed by atoms with E-state index in [1.807, 2.05) is 11.3 Å². The van der Waals surface area contributed by atoms with Crippen molar-refractivity contribution in [1.82, 2.24) is 13.7 Å². The summed E-state index contributed by atoms with van der Waals surface area (Å²) in [4.78, 5) is 0. The molecule has 0 spiro atoms. The molecule has 4 heteroatoms. The van der Waals surface area contributed by atoms with Gasteiger partial charge in [0, 0.05) is 75.1 Å². The summed E-state index contributed by atoms with van der Waals surface area (Å²) in [6.45, 7) is 0. The molecule has 0 radical (unpaired) electrons. The van der Waals surface area contributed by atoms with Crippen LogP contribution in [0, 0.1) is 0 Å². The fourth-order valence-corrected chi connectivity index (χ4v) is 16.1. The van der Waals surface area contributed by atoms with E-state index in [-0.39, 0.29) is 0 Å². The second-order valence-corrected chi connectivity index (χ2v) is 25.8. The van der Waals surface area contributed by atoms with Crippen LogP contribution < -0.4 is 0 Å². The van der Waals surface area contributed by atoms with Crippen LogP contribution in [-0.4, -0.2) is 13.7 Å². The highest BCUT2D eigenvalue weighted by molar-refractivity contribution is 7.26. The van der Waals surface area contributed by atoms with Gasteiger partial charge in [-0.3, -0.25) is 0 Å². The fraction of sp³-hybridized carbons (Fsp3) is 0. The molecule has 0 saturated carbocycles. The molecule has 0 aliphatic heterocycles. The van der Waals surface area contributed by atoms with Crippen molar-refractivity contribution in [3.63, 3.8) is 0 Å². The summed E-state index contributed by atoms with van der Waals surface area (Å²) < 4.78 is 9.87. The first-order chi connectivity index (χ1) is 46.6. The van der Waals surface area contributed by atoms with Gasteiger partial charge in [0.25, 0.3) is 0 Å². The molecule has 0 bridgehead atoms. The van der Waals surface area contributed by atoms with Crippen molar-refractivity contribution in [3.8, 4) is 95.0 Å². The van der Waals surface area contributed by atoms with Crippen LogP contribution in [0.4, 0.5) is 0 Å². The minimum absolute atomic E-state index is 1.13. The molecule has 3 nitrogen and oxygen atoms in total. The predicted molar refractivity (Wildman–Crippen MR) is 400 cm³/mol. The molecule has 0 amide bonds. The van der Waals surface area contributed by atoms with Gasteiger partial charge in [-0.05, 0) is 175 Å². The monoisotopic (exact) mass is 1210 g/mol. The van der Waals surface area contributed by atoms with Crippen molar-refractivity contribution in [2.24, 2.45) is 0 Å². The SMILES string of the molecule is c1ccc(-c2ccc(-n3c4ccccc4c4cc(-c5ccc(-c6cc(-c7cccc(-n8c9ccccc9c9cc(-c%10ccc(-c%11ccc%12c%13ccccc%13n(-c%13cccc(-c%14ccccc%14)c%13)c%12c%11)cc%10)ccc98)c7)cc7c6sc6ccccc67)cc5)ccc43)cc2)cc1. The van der Waals surface area contributed by atoms with Crippen LogP contribution in [0.3, 0.4) is 0 Å². The molecular formula is C90H57N3S. The number of benzene rings is 15. The topological polar surface area (TPSA) is 14.8 Å². The zero-order valence-corrected chi connectivity index (χ0v) is 52.0. The molecule has 0 saturated heterocycles. The zero-order valence-electron chi connectivity index (χ0n) is 51.2. The Morgan fingerprint density at radius 3 is 1.10 bits per heavy atom. The molecule has 19 aromatic rings. The summed E-state index contributed by atoms with van der Waals surface area (Å²) in [6.07, 6.45) is 0. The third-order valence-electron chi connectivity index (χ3n) is 19.5. The second kappa shape index (κ2) is 21.8. The molecule has 0 N–H and O–H groups in total. The van der Waals surface area contributed by atoms with E-state index in [0.717, 1.165) is 17.1 Å². The van der Waals surface area contributed by atoms with Gasteiger partial charge in [-0.1, -0.05) is 243 Å². The number of fused-ring (bicyclic) bond motifs is 12. The molecule has 4 heterocycles. The van der Waals surface area contributed by atoms with Crippen LogP contribution in [0.2, 0.25) is 0 Å². The van der Waals surface area contributed by atoms with E-state index in [9.17, 15) is 0 Å². The van der Waals surface area contributed by atoms with Gasteiger partial charge in [-0.25, -0.2) is 0 Å². The first-order valence-electron chi connectivity index (χ1n) is 32.3. The number of hydrogen-bond donors (Lipinski definition) is 0. The Bertz CT molecular complexity index is 6180. The van der Waals surface area contributed by atoms with Crippen molar-refractivity contribution in [1.29, 1.82) is 0 Å². The van der Waals surface area contributed by atoms with Gasteiger partial charge in [-0.15, -0.1) is 11.3 Å². The van der Waals surface area contributed by atoms with Crippen LogP contribution >= 0.6 is 11.3 Å². The van der Waals surface area contributed by atoms with E-state index in [1.54, 1.807) is 0 Å². The molecule has 0 unspecified atom stereocenters. The molecule has 15 aromatic carbocycles. The normalized spacial score (nSPS) is 11.8. The number of hydrogen-bond acceptors (Lipinski definition) is 1. The summed E-state index contributed by atoms with van der Waals surface area (Å²) in [5.74, 6) is 0. The number of para-hydroxylation sites is 3. The Morgan fingerprint density at radius 1 is 0.170 bits per heavy atom. The standard InChI is InChI=1S/C90H57N3S/c1-3-17-58(18-4-1)60-41-46-71(47-42-60)91-84-30-12-8-26-75(84)80-53-68(44-49-86(80)91)62-37-39-64(40-38-62)79-55-70(56-82-78-28-10-14-32-89(78)94-90(79)82)66-22-16-23-72(52-66)92-85-31-13-9-27-76(85)81-54-67(45-50-87(81)92)61-33-35-63(36-34-61)69-43-48-77-74-25-7-11-29-83(74)93(88(77)57-69)73-24-15-21-65(51-73)59-19-5-2-6-20-59/h1-57H. The molecular weight excluding hydrogens is 1160 g/mol. The lowest BCUT2D eigenvalue weighted by Crippen LogP contribution is -1.94. The lowest BCUT2D eigenvalue weighted by atomic mass is 9.94. The van der Waals surface area contributed by atoms with Gasteiger partial charge in [0.05, 0.1) is 33.1 Å². The van der Waals surface area contributed by atoms with Gasteiger partial charge in [-0.2, -0.15) is 0 Å². The maximum Gasteiger partial charge on any atom is 0.0547 e. The smallest absolute Gasteiger partial charge is 0.0547 e. The summed E-state index contributed by atoms with van der Waals surface area (Å²) in [5.41, 5.74) is 27.3. The maximum atomic E-state index is 2.45. The predicted octanol–water partition coefficient (Wildman–Crippen LogP) is 25.0. The van der Waals surface area contributed by atoms with Crippen LogP contribution in [0.5, 0.6) is 0 Å². The van der Waals surface area contributed by atoms with Crippen molar-refractivity contribution in [2.75, 3.05) is 0 Å². The van der Waals surface area contributed by atoms with Crippen LogP contribution in [0.25, 0.3) is 181 Å². The average Bonchev–Trinajstić information content (AvgIpc) is 1.63. The molecule has 0 fully saturated rings. The highest BCUT2D eigenvalue weighted by Crippen LogP contribution is 2.45. The zero-order chi connectivity index (χ0) is 61.8. The summed E-state index contributed by atoms with van der Waals surface area (Å²) in [7, 11) is 0. The van der Waals surface area contributed by atoms with E-state index in [4.69, 9.17) is 0 Å². The average molecular weight is 1210 g/mol. The van der Waals surface area contributed by atoms with Gasteiger partial charge >= 0.3 is 0 Å². The van der Waals surface area contributed by atoms with E-state index in [2.05, 4.69) is 359 Å². The summed E-state index contributed by atoms with van der Waals surface area (Å²) in [5, 5.41) is 10.0. The largest absolute Gasteiger partial charge is 0.309 e. The highest BCUT2D eigenvalue weighted by Gasteiger charge is 2.20. The summed E-state index contributed by atoms with van der Waals surface area (Å²) >= 11 is 1.89. The Morgan fingerprint density at radius 2 is 0.521 bits per heavy atom. The Labute approximate surface area is 547 Å². The van der Waals surface area contributed by atoms with E-state index >= 15 is 0 Å². The minimum atomic E-state index is 1.13. The van der Waals surface area contributed by atoms with Gasteiger partial charge in [0.1, 0.15) is 0 Å². The van der Waals surface area contributed by atoms with Crippen molar-refractivity contribution in [3.05, 3.63) is 346 Å². The van der Waals surface area contributed by atoms with E-state index in [1.165, 1.54) is 163 Å². The second-order valence-electron chi connectivity index (χ2n) is 24.8. The molecule has 19 rings (SSSR count). The Hall–Kier alpha value is -12.1. The quantitative estimate of drug-likeness (QED) is 0.130. The number of aromatic nitrogens is 3. The lowest BCUT2D eigenvalue weighted by Gasteiger charge is -2.13. The van der Waals surface area contributed by atoms with Gasteiger partial charge in [0.2, 0.25) is 0 Å². The van der Waals surface area contributed by atoms with E-state index in [0.29, 0.717) is 0 Å². The molecule has 4 aromatic heterocycles. The number of thiophene rings is 1. The highest BCUT2D eigenvalue weighted by atomic mass is 32.1. The lowest BCUT2D eigenvalue weighted by molar-refractivity contribution is 1.18. The van der Waals surface area contributed by atoms with Gasteiger partial charge < -0.3 is 13.7 Å². The molecule has 0 atom stereocenters. The first kappa shape index (κ1) is 53.7. The Balaban J connectivity index is 0.649. The number of nitrogens with zero attached hydrogens (tertiary/aromatic N) is 3. The fourth-order valence-electron chi connectivity index (χ4n) is 14.9. The molecule has 0 aliphatic carbocycles. The molecule has 438 valence electrons. The van der Waals surface area contributed by atoms with Crippen LogP contribution in [0.15, 0.2) is 346 Å². The molecule has 0 aliphatic rings. The summed E-state index contributed by atoms with van der Waals surface area (Å²) in [6, 6.07) is 128. The third kappa shape index (κ3) is 8.87. The van der Waals surface area contributed by atoms with Crippen molar-refractivity contribution in [2.45, 2.75) is 0 Å². The molecule has 94 heavy (non-hydrogen) atoms. The van der Waals surface area contributed by atoms with E-state index < -0.39 is 0 Å². The van der Waals surface area contributed by atoms with Crippen molar-refractivity contribution < 1.29 is 0 Å². The van der Waals surface area contributed by atoms with Gasteiger partial charge in [0.15, 0.2) is 0 Å². The van der Waals surface area contributed by atoms with Crippen molar-refractivity contribution >= 4 is 96.9 Å².